The lowest BCUT2D eigenvalue weighted by molar-refractivity contribution is -0.133. The molecule has 7 nitrogen and oxygen atoms in total. The molecule has 0 bridgehead atoms. The highest BCUT2D eigenvalue weighted by atomic mass is 79.9. The number of halogens is 1. The summed E-state index contributed by atoms with van der Waals surface area (Å²) >= 11 is 3.58. The van der Waals surface area contributed by atoms with Gasteiger partial charge >= 0.3 is 0 Å². The Bertz CT molecular complexity index is 1180. The molecule has 0 spiro atoms. The number of carbonyl (C=O) groups excluding carboxylic acids is 2. The first-order valence-corrected chi connectivity index (χ1v) is 11.4. The molecule has 1 aliphatic carbocycles. The van der Waals surface area contributed by atoms with E-state index in [1.807, 2.05) is 13.0 Å². The Morgan fingerprint density at radius 1 is 1.34 bits per heavy atom. The topological polar surface area (TPSA) is 79.6 Å². The molecule has 2 heterocycles. The molecular weight excluding hydrogens is 470 g/mol. The number of fused-ring (bicyclic) bond motifs is 3. The molecule has 0 atom stereocenters. The number of aryl methyl sites for hydroxylation is 1. The van der Waals surface area contributed by atoms with Gasteiger partial charge in [-0.15, -0.1) is 0 Å². The average Bonchev–Trinajstić information content (AvgIpc) is 3.15. The van der Waals surface area contributed by atoms with Crippen LogP contribution >= 0.6 is 15.9 Å². The molecule has 1 aromatic carbocycles. The Balaban J connectivity index is 1.94. The fourth-order valence-corrected chi connectivity index (χ4v) is 4.70. The van der Waals surface area contributed by atoms with Crippen molar-refractivity contribution in [1.82, 2.24) is 20.0 Å². The van der Waals surface area contributed by atoms with E-state index >= 15 is 0 Å². The van der Waals surface area contributed by atoms with Gasteiger partial charge in [0.15, 0.2) is 11.5 Å². The van der Waals surface area contributed by atoms with E-state index < -0.39 is 5.54 Å². The predicted octanol–water partition coefficient (Wildman–Crippen LogP) is 3.84. The summed E-state index contributed by atoms with van der Waals surface area (Å²) in [4.78, 5) is 32.3. The smallest absolute Gasteiger partial charge is 0.275 e. The molecule has 1 N–H and O–H groups in total. The van der Waals surface area contributed by atoms with Crippen LogP contribution < -0.4 is 5.32 Å². The minimum absolute atomic E-state index is 0.164. The third-order valence-corrected chi connectivity index (χ3v) is 6.49. The molecular formula is C24H26BrN5O2. The minimum atomic E-state index is -0.955. The van der Waals surface area contributed by atoms with Crippen molar-refractivity contribution in [3.63, 3.8) is 0 Å². The molecule has 2 aromatic rings. The molecule has 2 aliphatic rings. The van der Waals surface area contributed by atoms with Gasteiger partial charge in [-0.2, -0.15) is 5.10 Å². The van der Waals surface area contributed by atoms with E-state index in [1.54, 1.807) is 41.8 Å². The second-order valence-corrected chi connectivity index (χ2v) is 9.22. The Morgan fingerprint density at radius 2 is 2.12 bits per heavy atom. The summed E-state index contributed by atoms with van der Waals surface area (Å²) in [7, 11) is 0. The van der Waals surface area contributed by atoms with Crippen molar-refractivity contribution >= 4 is 39.8 Å². The number of nitrogens with one attached hydrogen (secondary N) is 1. The van der Waals surface area contributed by atoms with Crippen LogP contribution in [0.3, 0.4) is 0 Å². The molecule has 4 rings (SSSR count). The second-order valence-electron chi connectivity index (χ2n) is 8.31. The van der Waals surface area contributed by atoms with Crippen LogP contribution in [0.15, 0.2) is 46.4 Å². The van der Waals surface area contributed by atoms with Gasteiger partial charge in [-0.3, -0.25) is 9.59 Å². The fraction of sp³-hybridized carbons (Fsp3) is 0.333. The number of rotatable bonds is 4. The van der Waals surface area contributed by atoms with Crippen LogP contribution in [-0.2, 0) is 17.6 Å². The van der Waals surface area contributed by atoms with Crippen molar-refractivity contribution in [2.75, 3.05) is 13.1 Å². The highest BCUT2D eigenvalue weighted by Crippen LogP contribution is 2.39. The Morgan fingerprint density at radius 3 is 2.84 bits per heavy atom. The van der Waals surface area contributed by atoms with Crippen molar-refractivity contribution in [1.29, 1.82) is 0 Å². The van der Waals surface area contributed by atoms with Crippen LogP contribution in [-0.4, -0.2) is 51.3 Å². The highest BCUT2D eigenvalue weighted by Gasteiger charge is 2.43. The molecule has 0 unspecified atom stereocenters. The summed E-state index contributed by atoms with van der Waals surface area (Å²) in [6, 6.07) is 6.18. The first kappa shape index (κ1) is 22.2. The molecule has 1 fully saturated rings. The van der Waals surface area contributed by atoms with Crippen molar-refractivity contribution < 1.29 is 9.59 Å². The molecule has 32 heavy (non-hydrogen) atoms. The van der Waals surface area contributed by atoms with E-state index in [2.05, 4.69) is 45.0 Å². The summed E-state index contributed by atoms with van der Waals surface area (Å²) in [6.45, 7) is 10.0. The average molecular weight is 496 g/mol. The normalized spacial score (nSPS) is 17.7. The van der Waals surface area contributed by atoms with Gasteiger partial charge in [0.1, 0.15) is 5.54 Å². The Kier molecular flexibility index (Phi) is 5.90. The van der Waals surface area contributed by atoms with Gasteiger partial charge < -0.3 is 10.2 Å². The van der Waals surface area contributed by atoms with Gasteiger partial charge in [0, 0.05) is 34.9 Å². The maximum absolute atomic E-state index is 13.7. The molecule has 0 radical (unpaired) electrons. The standard InChI is InChI=1S/C24H26BrN5O2/c1-5-7-19(26-6-2)30-21-17(11-9-15-8-10-16(25)14-18(15)21)20(28-30)22(31)29-13-12-27-23(32)24(29,3)4/h5-8,10,14H,1,9,11-13H2,2-4H3,(H,27,32)/b19-7+,26-6-. The highest BCUT2D eigenvalue weighted by molar-refractivity contribution is 9.10. The largest absolute Gasteiger partial charge is 0.352 e. The van der Waals surface area contributed by atoms with E-state index in [9.17, 15) is 9.59 Å². The number of piperazine rings is 1. The maximum atomic E-state index is 13.7. The molecule has 1 aromatic heterocycles. The Hall–Kier alpha value is -3.00. The molecule has 1 saturated heterocycles. The van der Waals surface area contributed by atoms with Crippen molar-refractivity contribution in [2.24, 2.45) is 4.99 Å². The quantitative estimate of drug-likeness (QED) is 0.516. The van der Waals surface area contributed by atoms with Crippen molar-refractivity contribution in [3.05, 3.63) is 58.2 Å². The lowest BCUT2D eigenvalue weighted by Crippen LogP contribution is -2.63. The van der Waals surface area contributed by atoms with Gasteiger partial charge in [0.05, 0.1) is 5.69 Å². The number of carbonyl (C=O) groups is 2. The predicted molar refractivity (Wildman–Crippen MR) is 130 cm³/mol. The van der Waals surface area contributed by atoms with E-state index in [-0.39, 0.29) is 11.8 Å². The van der Waals surface area contributed by atoms with Gasteiger partial charge in [0.25, 0.3) is 5.91 Å². The van der Waals surface area contributed by atoms with Gasteiger partial charge in [-0.1, -0.05) is 34.7 Å². The maximum Gasteiger partial charge on any atom is 0.275 e. The number of nitrogens with zero attached hydrogens (tertiary/aromatic N) is 4. The number of hydrogen-bond donors (Lipinski definition) is 1. The van der Waals surface area contributed by atoms with E-state index in [1.165, 1.54) is 5.56 Å². The van der Waals surface area contributed by atoms with Crippen molar-refractivity contribution in [2.45, 2.75) is 39.2 Å². The third kappa shape index (κ3) is 3.62. The number of allylic oxidation sites excluding steroid dienone is 2. The lowest BCUT2D eigenvalue weighted by atomic mass is 9.88. The SMILES string of the molecule is C=C/C=C(\N=C/C)n1nc(C(=O)N2CCNC(=O)C2(C)C)c2c1-c1cc(Br)ccc1CC2. The molecule has 0 saturated carbocycles. The third-order valence-electron chi connectivity index (χ3n) is 6.00. The molecule has 2 amide bonds. The minimum Gasteiger partial charge on any atom is -0.352 e. The van der Waals surface area contributed by atoms with E-state index in [4.69, 9.17) is 5.10 Å². The van der Waals surface area contributed by atoms with Gasteiger partial charge in [0.2, 0.25) is 5.91 Å². The number of amides is 2. The lowest BCUT2D eigenvalue weighted by Gasteiger charge is -2.40. The van der Waals surface area contributed by atoms with Crippen LogP contribution in [0.25, 0.3) is 17.1 Å². The first-order valence-electron chi connectivity index (χ1n) is 10.6. The van der Waals surface area contributed by atoms with Crippen molar-refractivity contribution in [3.8, 4) is 11.3 Å². The van der Waals surface area contributed by atoms with E-state index in [0.717, 1.165) is 27.7 Å². The van der Waals surface area contributed by atoms with Crippen LogP contribution in [0, 0.1) is 0 Å². The zero-order valence-corrected chi connectivity index (χ0v) is 20.1. The monoisotopic (exact) mass is 495 g/mol. The van der Waals surface area contributed by atoms with Gasteiger partial charge in [-0.25, -0.2) is 9.67 Å². The fourth-order valence-electron chi connectivity index (χ4n) is 4.34. The number of aromatic nitrogens is 2. The van der Waals surface area contributed by atoms with Crippen LogP contribution in [0.1, 0.15) is 42.4 Å². The zero-order chi connectivity index (χ0) is 23.0. The second kappa shape index (κ2) is 8.50. The summed E-state index contributed by atoms with van der Waals surface area (Å²) in [5.74, 6) is 0.167. The number of aliphatic imine (C=N–C) groups is 1. The number of benzene rings is 1. The molecule has 8 heteroatoms. The summed E-state index contributed by atoms with van der Waals surface area (Å²) in [5, 5.41) is 7.62. The Labute approximate surface area is 196 Å². The van der Waals surface area contributed by atoms with E-state index in [0.29, 0.717) is 31.0 Å². The first-order chi connectivity index (χ1) is 15.3. The summed E-state index contributed by atoms with van der Waals surface area (Å²) in [6.07, 6.45) is 6.60. The summed E-state index contributed by atoms with van der Waals surface area (Å²) in [5.41, 5.74) is 3.36. The molecule has 1 aliphatic heterocycles. The van der Waals surface area contributed by atoms with Gasteiger partial charge in [-0.05, 0) is 57.4 Å². The van der Waals surface area contributed by atoms with Crippen LogP contribution in [0.4, 0.5) is 0 Å². The number of hydrogen-bond acceptors (Lipinski definition) is 4. The summed E-state index contributed by atoms with van der Waals surface area (Å²) < 4.78 is 2.68. The van der Waals surface area contributed by atoms with Crippen LogP contribution in [0.5, 0.6) is 0 Å². The molecule has 166 valence electrons. The van der Waals surface area contributed by atoms with Crippen LogP contribution in [0.2, 0.25) is 0 Å². The zero-order valence-electron chi connectivity index (χ0n) is 18.5.